The molecule has 1 saturated heterocycles. The molecule has 3 heterocycles. The average Bonchev–Trinajstić information content (AvgIpc) is 3.32. The van der Waals surface area contributed by atoms with Crippen LogP contribution in [0.25, 0.3) is 11.1 Å². The average molecular weight is 453 g/mol. The molecule has 4 atom stereocenters. The normalized spacial score (nSPS) is 23.8. The molecule has 1 N–H and O–H groups in total. The Morgan fingerprint density at radius 2 is 1.82 bits per heavy atom. The number of rotatable bonds is 5. The van der Waals surface area contributed by atoms with E-state index in [0.29, 0.717) is 29.8 Å². The molecule has 1 fully saturated rings. The van der Waals surface area contributed by atoms with Gasteiger partial charge in [0.1, 0.15) is 0 Å². The van der Waals surface area contributed by atoms with E-state index >= 15 is 0 Å². The van der Waals surface area contributed by atoms with E-state index in [1.165, 1.54) is 4.90 Å². The smallest absolute Gasteiger partial charge is 0.258 e. The first-order chi connectivity index (χ1) is 15.7. The molecule has 0 radical (unpaired) electrons. The molecule has 8 nitrogen and oxygen atoms in total. The second-order valence-corrected chi connectivity index (χ2v) is 9.33. The fourth-order valence-corrected chi connectivity index (χ4v) is 5.52. The van der Waals surface area contributed by atoms with Gasteiger partial charge in [-0.3, -0.25) is 19.3 Å². The van der Waals surface area contributed by atoms with Gasteiger partial charge in [-0.1, -0.05) is 19.1 Å². The van der Waals surface area contributed by atoms with Crippen molar-refractivity contribution in [2.45, 2.75) is 25.6 Å². The zero-order valence-corrected chi connectivity index (χ0v) is 19.9. The minimum absolute atomic E-state index is 0.0156. The highest BCUT2D eigenvalue weighted by Gasteiger charge is 2.55. The zero-order chi connectivity index (χ0) is 24.0. The third-order valence-electron chi connectivity index (χ3n) is 7.08. The SMILES string of the molecule is CCN1[C@@H]2c3ccc(-c4cccc(C(=O)N(C)C)c4)c(=O)n3C[C@@H]2[C@@H](CO)[C@@H]1C(=O)N(C)C. The number of fused-ring (bicyclic) bond motifs is 3. The molecular weight excluding hydrogens is 420 g/mol. The number of aliphatic hydroxyl groups excluding tert-OH is 1. The Morgan fingerprint density at radius 1 is 1.09 bits per heavy atom. The molecule has 0 bridgehead atoms. The van der Waals surface area contributed by atoms with Gasteiger partial charge < -0.3 is 19.5 Å². The van der Waals surface area contributed by atoms with Crippen molar-refractivity contribution in [1.29, 1.82) is 0 Å². The summed E-state index contributed by atoms with van der Waals surface area (Å²) < 4.78 is 1.78. The van der Waals surface area contributed by atoms with Gasteiger partial charge in [-0.25, -0.2) is 0 Å². The van der Waals surface area contributed by atoms with Crippen molar-refractivity contribution < 1.29 is 14.7 Å². The molecule has 2 aliphatic rings. The Hall–Kier alpha value is -2.97. The predicted molar refractivity (Wildman–Crippen MR) is 126 cm³/mol. The van der Waals surface area contributed by atoms with Crippen molar-refractivity contribution in [3.05, 3.63) is 58.0 Å². The highest BCUT2D eigenvalue weighted by molar-refractivity contribution is 5.95. The summed E-state index contributed by atoms with van der Waals surface area (Å²) in [5, 5.41) is 10.2. The second-order valence-electron chi connectivity index (χ2n) is 9.33. The molecule has 176 valence electrons. The van der Waals surface area contributed by atoms with Crippen molar-refractivity contribution in [2.24, 2.45) is 11.8 Å². The molecule has 0 unspecified atom stereocenters. The van der Waals surface area contributed by atoms with E-state index in [2.05, 4.69) is 4.90 Å². The van der Waals surface area contributed by atoms with Crippen molar-refractivity contribution in [2.75, 3.05) is 41.3 Å². The van der Waals surface area contributed by atoms with Crippen LogP contribution in [0.1, 0.15) is 29.0 Å². The zero-order valence-electron chi connectivity index (χ0n) is 19.9. The third kappa shape index (κ3) is 3.67. The number of benzene rings is 1. The lowest BCUT2D eigenvalue weighted by Gasteiger charge is -2.31. The van der Waals surface area contributed by atoms with Gasteiger partial charge in [0.05, 0.1) is 12.1 Å². The standard InChI is InChI=1S/C25H32N4O4/c1-6-28-21-18(19(14-30)22(28)25(33)27(4)5)13-29-20(21)11-10-17(24(29)32)15-8-7-9-16(12-15)23(31)26(2)3/h7-12,18-19,21-22,30H,6,13-14H2,1-5H3/t18-,19-,21+,22-/m1/s1. The van der Waals surface area contributed by atoms with Crippen LogP contribution in [0.15, 0.2) is 41.2 Å². The topological polar surface area (TPSA) is 86.1 Å². The van der Waals surface area contributed by atoms with Crippen molar-refractivity contribution >= 4 is 11.8 Å². The van der Waals surface area contributed by atoms with Crippen LogP contribution < -0.4 is 5.56 Å². The van der Waals surface area contributed by atoms with Gasteiger partial charge in [0.15, 0.2) is 0 Å². The molecule has 4 rings (SSSR count). The van der Waals surface area contributed by atoms with E-state index in [-0.39, 0.29) is 41.9 Å². The van der Waals surface area contributed by atoms with Gasteiger partial charge in [-0.2, -0.15) is 0 Å². The van der Waals surface area contributed by atoms with E-state index in [4.69, 9.17) is 0 Å². The second kappa shape index (κ2) is 8.76. The summed E-state index contributed by atoms with van der Waals surface area (Å²) in [4.78, 5) is 44.1. The number of hydrogen-bond donors (Lipinski definition) is 1. The Kier molecular flexibility index (Phi) is 6.16. The van der Waals surface area contributed by atoms with Crippen LogP contribution in [0.5, 0.6) is 0 Å². The summed E-state index contributed by atoms with van der Waals surface area (Å²) in [6.45, 7) is 3.01. The summed E-state index contributed by atoms with van der Waals surface area (Å²) in [6, 6.07) is 10.4. The molecule has 0 aliphatic carbocycles. The summed E-state index contributed by atoms with van der Waals surface area (Å²) >= 11 is 0. The van der Waals surface area contributed by atoms with Crippen LogP contribution in [-0.4, -0.2) is 83.6 Å². The number of nitrogens with zero attached hydrogens (tertiary/aromatic N) is 4. The molecule has 0 saturated carbocycles. The van der Waals surface area contributed by atoms with Gasteiger partial charge >= 0.3 is 0 Å². The number of pyridine rings is 1. The summed E-state index contributed by atoms with van der Waals surface area (Å²) in [5.74, 6) is -0.395. The number of aromatic nitrogens is 1. The lowest BCUT2D eigenvalue weighted by molar-refractivity contribution is -0.135. The molecule has 1 aromatic heterocycles. The van der Waals surface area contributed by atoms with E-state index < -0.39 is 6.04 Å². The van der Waals surface area contributed by atoms with Crippen molar-refractivity contribution in [3.8, 4) is 11.1 Å². The molecule has 2 aliphatic heterocycles. The minimum Gasteiger partial charge on any atom is -0.396 e. The van der Waals surface area contributed by atoms with E-state index in [1.54, 1.807) is 55.9 Å². The van der Waals surface area contributed by atoms with Gasteiger partial charge in [0.2, 0.25) is 5.91 Å². The van der Waals surface area contributed by atoms with Gasteiger partial charge in [-0.05, 0) is 36.4 Å². The van der Waals surface area contributed by atoms with Crippen LogP contribution >= 0.6 is 0 Å². The Labute approximate surface area is 194 Å². The highest BCUT2D eigenvalue weighted by atomic mass is 16.3. The van der Waals surface area contributed by atoms with Crippen LogP contribution in [0.4, 0.5) is 0 Å². The number of likely N-dealkylation sites (tertiary alicyclic amines) is 1. The van der Waals surface area contributed by atoms with Gasteiger partial charge in [0, 0.05) is 70.0 Å². The largest absolute Gasteiger partial charge is 0.396 e. The first kappa shape index (κ1) is 23.2. The van der Waals surface area contributed by atoms with Crippen LogP contribution in [-0.2, 0) is 11.3 Å². The van der Waals surface area contributed by atoms with Gasteiger partial charge in [0.25, 0.3) is 11.5 Å². The lowest BCUT2D eigenvalue weighted by atomic mass is 9.88. The van der Waals surface area contributed by atoms with Crippen molar-refractivity contribution in [1.82, 2.24) is 19.3 Å². The monoisotopic (exact) mass is 452 g/mol. The highest BCUT2D eigenvalue weighted by Crippen LogP contribution is 2.49. The van der Waals surface area contributed by atoms with Gasteiger partial charge in [-0.15, -0.1) is 0 Å². The molecular formula is C25H32N4O4. The summed E-state index contributed by atoms with van der Waals surface area (Å²) in [7, 11) is 6.87. The maximum absolute atomic E-state index is 13.5. The molecule has 2 aromatic rings. The molecule has 1 aromatic carbocycles. The first-order valence-electron chi connectivity index (χ1n) is 11.3. The third-order valence-corrected chi connectivity index (χ3v) is 7.08. The summed E-state index contributed by atoms with van der Waals surface area (Å²) in [5.41, 5.74) is 2.54. The predicted octanol–water partition coefficient (Wildman–Crippen LogP) is 1.29. The Morgan fingerprint density at radius 3 is 2.42 bits per heavy atom. The quantitative estimate of drug-likeness (QED) is 0.739. The number of aliphatic hydroxyl groups is 1. The van der Waals surface area contributed by atoms with Crippen molar-refractivity contribution in [3.63, 3.8) is 0 Å². The maximum atomic E-state index is 13.5. The number of likely N-dealkylation sites (N-methyl/N-ethyl adjacent to an activating group) is 2. The minimum atomic E-state index is -0.401. The fourth-order valence-electron chi connectivity index (χ4n) is 5.52. The maximum Gasteiger partial charge on any atom is 0.258 e. The molecule has 0 spiro atoms. The fraction of sp³-hybridized carbons (Fsp3) is 0.480. The summed E-state index contributed by atoms with van der Waals surface area (Å²) in [6.07, 6.45) is 0. The lowest BCUT2D eigenvalue weighted by Crippen LogP contribution is -2.47. The Balaban J connectivity index is 1.75. The van der Waals surface area contributed by atoms with E-state index in [0.717, 1.165) is 5.69 Å². The number of amides is 2. The first-order valence-corrected chi connectivity index (χ1v) is 11.3. The number of carbonyl (C=O) groups is 2. The van der Waals surface area contributed by atoms with Crippen LogP contribution in [0.2, 0.25) is 0 Å². The van der Waals surface area contributed by atoms with Crippen LogP contribution in [0.3, 0.4) is 0 Å². The molecule has 2 amide bonds. The molecule has 8 heteroatoms. The molecule has 33 heavy (non-hydrogen) atoms. The van der Waals surface area contributed by atoms with E-state index in [1.807, 2.05) is 25.1 Å². The van der Waals surface area contributed by atoms with Crippen LogP contribution in [0, 0.1) is 11.8 Å². The Bertz CT molecular complexity index is 1140. The number of carbonyl (C=O) groups excluding carboxylic acids is 2. The van der Waals surface area contributed by atoms with E-state index in [9.17, 15) is 19.5 Å². The number of hydrogen-bond acceptors (Lipinski definition) is 5.